The highest BCUT2D eigenvalue weighted by molar-refractivity contribution is 7.83. The number of rotatable bonds is 11. The number of hydrogen-bond donors (Lipinski definition) is 0. The van der Waals surface area contributed by atoms with E-state index in [4.69, 9.17) is 0 Å². The highest BCUT2D eigenvalue weighted by atomic mass is 31.1. The number of hydrogen-bond acceptors (Lipinski definition) is 0. The topological polar surface area (TPSA) is 0 Å². The molecule has 0 N–H and O–H groups in total. The van der Waals surface area contributed by atoms with Gasteiger partial charge < -0.3 is 0 Å². The largest absolute Gasteiger partial charge is 0.0622 e. The van der Waals surface area contributed by atoms with Crippen LogP contribution in [0.1, 0.15) is 22.3 Å². The van der Waals surface area contributed by atoms with E-state index >= 15 is 0 Å². The molecule has 8 aromatic carbocycles. The maximum Gasteiger partial charge on any atom is 0.000641 e. The van der Waals surface area contributed by atoms with E-state index in [-0.39, 0.29) is 0 Å². The Kier molecular flexibility index (Phi) is 11.2. The fourth-order valence-corrected chi connectivity index (χ4v) is 12.3. The third kappa shape index (κ3) is 7.74. The van der Waals surface area contributed by atoms with Crippen LogP contribution in [0.4, 0.5) is 0 Å². The molecule has 0 fully saturated rings. The molecule has 0 aromatic heterocycles. The van der Waals surface area contributed by atoms with Gasteiger partial charge in [0.05, 0.1) is 0 Å². The van der Waals surface area contributed by atoms with E-state index < -0.39 is 15.8 Å². The van der Waals surface area contributed by atoms with Crippen LogP contribution in [0, 0.1) is 0 Å². The maximum atomic E-state index is 2.31. The maximum absolute atomic E-state index is 2.31. The summed E-state index contributed by atoms with van der Waals surface area (Å²) in [4.78, 5) is 0. The van der Waals surface area contributed by atoms with Gasteiger partial charge in [-0.15, -0.1) is 0 Å². The molecule has 0 aliphatic rings. The molecule has 0 atom stereocenters. The Balaban J connectivity index is 1.64. The van der Waals surface area contributed by atoms with E-state index in [0.717, 1.165) is 0 Å². The average Bonchev–Trinajstić information content (AvgIpc) is 3.27. The summed E-state index contributed by atoms with van der Waals surface area (Å²) >= 11 is 0. The molecule has 54 heavy (non-hydrogen) atoms. The van der Waals surface area contributed by atoms with Gasteiger partial charge in [0.2, 0.25) is 0 Å². The van der Waals surface area contributed by atoms with Crippen LogP contribution in [0.2, 0.25) is 0 Å². The van der Waals surface area contributed by atoms with E-state index in [2.05, 4.69) is 243 Å². The van der Waals surface area contributed by atoms with Crippen molar-refractivity contribution in [1.82, 2.24) is 0 Å². The molecular weight excluding hydrogens is 687 g/mol. The molecule has 0 spiro atoms. The summed E-state index contributed by atoms with van der Waals surface area (Å²) in [5.74, 6) is 0. The van der Waals surface area contributed by atoms with E-state index in [0.29, 0.717) is 0 Å². The van der Waals surface area contributed by atoms with Gasteiger partial charge in [0.15, 0.2) is 0 Å². The van der Waals surface area contributed by atoms with Gasteiger partial charge in [0.1, 0.15) is 0 Å². The summed E-state index contributed by atoms with van der Waals surface area (Å²) in [6.07, 6.45) is 0. The molecule has 2 heteroatoms. The van der Waals surface area contributed by atoms with Gasteiger partial charge in [-0.05, 0) is 70.5 Å². The van der Waals surface area contributed by atoms with Crippen LogP contribution in [-0.2, 0) is 0 Å². The first kappa shape index (κ1) is 35.1. The van der Waals surface area contributed by atoms with Crippen LogP contribution in [0.3, 0.4) is 0 Å². The highest BCUT2D eigenvalue weighted by Gasteiger charge is 2.32. The summed E-state index contributed by atoms with van der Waals surface area (Å²) in [7, 11) is -2.09. The predicted molar refractivity (Wildman–Crippen MR) is 238 cm³/mol. The van der Waals surface area contributed by atoms with Crippen molar-refractivity contribution < 1.29 is 0 Å². The number of benzene rings is 8. The van der Waals surface area contributed by atoms with Crippen molar-refractivity contribution in [3.63, 3.8) is 0 Å². The van der Waals surface area contributed by atoms with Crippen LogP contribution >= 0.6 is 15.8 Å². The SMILES string of the molecule is c1ccc(C(/C(=C(/c2ccccc2)P(c2ccccc2)c2ccccc2)c2ccccc2)=C(\c2ccccc2)P(c2ccccc2)c2ccccc2)cc1. The standard InChI is InChI=1S/C52H40P2/c1-9-25-41(26-10-1)49(51(43-29-13-3-14-30-43)53(45-33-17-5-18-34-45)46-35-19-6-20-36-46)50(42-27-11-2-12-28-42)52(44-31-15-4-16-32-44)54(47-37-21-7-22-38-47)48-39-23-8-24-40-48/h1-40H/b51-49-,52-50-. The molecule has 0 nitrogen and oxygen atoms in total. The minimum absolute atomic E-state index is 1.05. The Morgan fingerprint density at radius 3 is 0.611 bits per heavy atom. The first-order valence-electron chi connectivity index (χ1n) is 18.4. The zero-order valence-corrected chi connectivity index (χ0v) is 31.8. The van der Waals surface area contributed by atoms with Crippen molar-refractivity contribution in [2.75, 3.05) is 0 Å². The first-order chi connectivity index (χ1) is 26.9. The molecule has 0 bridgehead atoms. The van der Waals surface area contributed by atoms with Crippen molar-refractivity contribution in [3.05, 3.63) is 265 Å². The second kappa shape index (κ2) is 17.3. The van der Waals surface area contributed by atoms with Crippen LogP contribution in [0.15, 0.2) is 243 Å². The fraction of sp³-hybridized carbons (Fsp3) is 0. The lowest BCUT2D eigenvalue weighted by atomic mass is 9.89. The lowest BCUT2D eigenvalue weighted by molar-refractivity contribution is 1.57. The Labute approximate surface area is 322 Å². The molecule has 258 valence electrons. The average molecular weight is 727 g/mol. The van der Waals surface area contributed by atoms with Crippen molar-refractivity contribution in [3.8, 4) is 0 Å². The molecule has 8 rings (SSSR count). The number of allylic oxidation sites excluding steroid dienone is 2. The normalized spacial score (nSPS) is 12.3. The molecule has 0 saturated heterocycles. The Morgan fingerprint density at radius 2 is 0.389 bits per heavy atom. The van der Waals surface area contributed by atoms with Gasteiger partial charge in [0, 0.05) is 10.6 Å². The molecule has 0 heterocycles. The van der Waals surface area contributed by atoms with E-state index in [9.17, 15) is 0 Å². The lowest BCUT2D eigenvalue weighted by Crippen LogP contribution is -2.16. The lowest BCUT2D eigenvalue weighted by Gasteiger charge is -2.32. The van der Waals surface area contributed by atoms with Gasteiger partial charge >= 0.3 is 0 Å². The van der Waals surface area contributed by atoms with Crippen molar-refractivity contribution >= 4 is 58.8 Å². The molecule has 0 aliphatic heterocycles. The van der Waals surface area contributed by atoms with Crippen molar-refractivity contribution in [2.45, 2.75) is 0 Å². The molecule has 8 aromatic rings. The summed E-state index contributed by atoms with van der Waals surface area (Å²) in [5, 5.41) is 7.91. The molecule has 0 aliphatic carbocycles. The minimum atomic E-state index is -1.05. The van der Waals surface area contributed by atoms with Crippen LogP contribution in [-0.4, -0.2) is 0 Å². The monoisotopic (exact) mass is 726 g/mol. The smallest absolute Gasteiger partial charge is 0.000641 e. The van der Waals surface area contributed by atoms with Gasteiger partial charge in [-0.3, -0.25) is 0 Å². The fourth-order valence-electron chi connectivity index (χ4n) is 7.09. The Hall–Kier alpha value is -5.90. The van der Waals surface area contributed by atoms with Gasteiger partial charge in [0.25, 0.3) is 0 Å². The third-order valence-electron chi connectivity index (χ3n) is 9.45. The summed E-state index contributed by atoms with van der Waals surface area (Å²) in [5.41, 5.74) is 7.34. The molecule has 0 amide bonds. The van der Waals surface area contributed by atoms with Crippen LogP contribution in [0.5, 0.6) is 0 Å². The van der Waals surface area contributed by atoms with Crippen LogP contribution < -0.4 is 21.2 Å². The van der Waals surface area contributed by atoms with E-state index in [1.165, 1.54) is 65.2 Å². The van der Waals surface area contributed by atoms with E-state index in [1.807, 2.05) is 0 Å². The summed E-state index contributed by atoms with van der Waals surface area (Å²) in [6.45, 7) is 0. The van der Waals surface area contributed by atoms with Gasteiger partial charge in [-0.1, -0.05) is 243 Å². The predicted octanol–water partition coefficient (Wildman–Crippen LogP) is 12.4. The van der Waals surface area contributed by atoms with Crippen molar-refractivity contribution in [1.29, 1.82) is 0 Å². The molecule has 0 unspecified atom stereocenters. The van der Waals surface area contributed by atoms with Crippen LogP contribution in [0.25, 0.3) is 21.8 Å². The Bertz CT molecular complexity index is 2170. The summed E-state index contributed by atoms with van der Waals surface area (Å²) < 4.78 is 0. The molecular formula is C52H40P2. The summed E-state index contributed by atoms with van der Waals surface area (Å²) in [6, 6.07) is 89.0. The Morgan fingerprint density at radius 1 is 0.204 bits per heavy atom. The highest BCUT2D eigenvalue weighted by Crippen LogP contribution is 2.60. The van der Waals surface area contributed by atoms with Gasteiger partial charge in [-0.2, -0.15) is 0 Å². The molecule has 0 radical (unpaired) electrons. The zero-order valence-electron chi connectivity index (χ0n) is 30.0. The quantitative estimate of drug-likeness (QED) is 0.0707. The second-order valence-electron chi connectivity index (χ2n) is 12.9. The first-order valence-corrected chi connectivity index (χ1v) is 21.1. The van der Waals surface area contributed by atoms with E-state index in [1.54, 1.807) is 0 Å². The minimum Gasteiger partial charge on any atom is -0.0622 e. The third-order valence-corrected chi connectivity index (χ3v) is 14.6. The second-order valence-corrected chi connectivity index (χ2v) is 17.2. The van der Waals surface area contributed by atoms with Crippen molar-refractivity contribution in [2.24, 2.45) is 0 Å². The van der Waals surface area contributed by atoms with Gasteiger partial charge in [-0.25, -0.2) is 0 Å². The molecule has 0 saturated carbocycles. The zero-order chi connectivity index (χ0) is 36.4.